The molecule has 0 saturated carbocycles. The number of para-hydroxylation sites is 1. The number of rotatable bonds is 8. The van der Waals surface area contributed by atoms with Gasteiger partial charge in [0.1, 0.15) is 24.7 Å². The fraction of sp³-hybridized carbons (Fsp3) is 0.250. The molecule has 132 valence electrons. The first-order chi connectivity index (χ1) is 12.0. The summed E-state index contributed by atoms with van der Waals surface area (Å²) in [5, 5.41) is 9.28. The van der Waals surface area contributed by atoms with Gasteiger partial charge in [0.25, 0.3) is 0 Å². The summed E-state index contributed by atoms with van der Waals surface area (Å²) in [6, 6.07) is 13.0. The molecule has 0 saturated heterocycles. The zero-order valence-electron chi connectivity index (χ0n) is 14.2. The Morgan fingerprint density at radius 2 is 1.80 bits per heavy atom. The van der Waals surface area contributed by atoms with Gasteiger partial charge in [-0.2, -0.15) is 0 Å². The van der Waals surface area contributed by atoms with Crippen molar-refractivity contribution in [3.63, 3.8) is 0 Å². The predicted octanol–water partition coefficient (Wildman–Crippen LogP) is 5.02. The summed E-state index contributed by atoms with van der Waals surface area (Å²) in [4.78, 5) is 10.7. The molecule has 0 aliphatic carbocycles. The lowest BCUT2D eigenvalue weighted by molar-refractivity contribution is -0.131. The number of ether oxygens (including phenoxy) is 2. The van der Waals surface area contributed by atoms with Gasteiger partial charge in [-0.3, -0.25) is 0 Å². The minimum absolute atomic E-state index is 0.335. The highest BCUT2D eigenvalue weighted by atomic mass is 35.5. The maximum Gasteiger partial charge on any atom is 0.328 e. The number of benzene rings is 2. The van der Waals surface area contributed by atoms with Crippen molar-refractivity contribution in [2.75, 3.05) is 13.2 Å². The quantitative estimate of drug-likeness (QED) is 0.530. The van der Waals surface area contributed by atoms with Crippen LogP contribution >= 0.6 is 11.6 Å². The van der Waals surface area contributed by atoms with E-state index >= 15 is 0 Å². The second-order valence-corrected chi connectivity index (χ2v) is 6.18. The maximum atomic E-state index is 10.7. The van der Waals surface area contributed by atoms with Gasteiger partial charge in [0, 0.05) is 16.7 Å². The first-order valence-electron chi connectivity index (χ1n) is 8.02. The van der Waals surface area contributed by atoms with Gasteiger partial charge in [-0.05, 0) is 41.8 Å². The molecule has 1 N–H and O–H groups in total. The van der Waals surface area contributed by atoms with Crippen molar-refractivity contribution in [2.45, 2.75) is 19.8 Å². The molecule has 25 heavy (non-hydrogen) atoms. The van der Waals surface area contributed by atoms with Crippen LogP contribution in [0.4, 0.5) is 0 Å². The molecular weight excluding hydrogens is 340 g/mol. The molecule has 0 spiro atoms. The molecule has 0 aromatic heterocycles. The van der Waals surface area contributed by atoms with Gasteiger partial charge in [-0.1, -0.05) is 43.6 Å². The number of carboxylic acids is 1. The van der Waals surface area contributed by atoms with E-state index < -0.39 is 5.97 Å². The summed E-state index contributed by atoms with van der Waals surface area (Å²) < 4.78 is 11.5. The molecule has 0 aliphatic heterocycles. The van der Waals surface area contributed by atoms with E-state index in [1.165, 1.54) is 6.08 Å². The number of aliphatic carboxylic acids is 1. The molecule has 2 aromatic carbocycles. The van der Waals surface area contributed by atoms with Crippen molar-refractivity contribution < 1.29 is 19.4 Å². The molecule has 4 nitrogen and oxygen atoms in total. The Morgan fingerprint density at radius 1 is 1.12 bits per heavy atom. The van der Waals surface area contributed by atoms with E-state index in [1.54, 1.807) is 18.2 Å². The SMILES string of the molecule is CC(C)c1ccccc1OCCOc1ccc(Cl)cc1C=CC(=O)O. The van der Waals surface area contributed by atoms with Gasteiger partial charge in [-0.15, -0.1) is 0 Å². The van der Waals surface area contributed by atoms with Crippen LogP contribution in [0, 0.1) is 0 Å². The van der Waals surface area contributed by atoms with Crippen LogP contribution in [0.15, 0.2) is 48.5 Å². The zero-order valence-corrected chi connectivity index (χ0v) is 15.0. The molecule has 2 aromatic rings. The van der Waals surface area contributed by atoms with Crippen LogP contribution in [0.3, 0.4) is 0 Å². The normalized spacial score (nSPS) is 11.0. The van der Waals surface area contributed by atoms with Gasteiger partial charge in [0.2, 0.25) is 0 Å². The molecular formula is C20H21ClO4. The van der Waals surface area contributed by atoms with Crippen LogP contribution in [0.2, 0.25) is 5.02 Å². The average Bonchev–Trinajstić information content (AvgIpc) is 2.58. The van der Waals surface area contributed by atoms with Crippen molar-refractivity contribution in [1.82, 2.24) is 0 Å². The number of carboxylic acid groups (broad SMARTS) is 1. The highest BCUT2D eigenvalue weighted by Crippen LogP contribution is 2.26. The monoisotopic (exact) mass is 360 g/mol. The average molecular weight is 361 g/mol. The summed E-state index contributed by atoms with van der Waals surface area (Å²) >= 11 is 5.96. The number of hydrogen-bond acceptors (Lipinski definition) is 3. The fourth-order valence-corrected chi connectivity index (χ4v) is 2.51. The van der Waals surface area contributed by atoms with Gasteiger partial charge in [0.05, 0.1) is 0 Å². The second-order valence-electron chi connectivity index (χ2n) is 5.74. The molecule has 0 atom stereocenters. The molecule has 0 heterocycles. The maximum absolute atomic E-state index is 10.7. The number of hydrogen-bond donors (Lipinski definition) is 1. The third-order valence-corrected chi connectivity index (χ3v) is 3.75. The Morgan fingerprint density at radius 3 is 2.48 bits per heavy atom. The summed E-state index contributed by atoms with van der Waals surface area (Å²) in [6.07, 6.45) is 2.51. The second kappa shape index (κ2) is 9.14. The molecule has 0 radical (unpaired) electrons. The van der Waals surface area contributed by atoms with Gasteiger partial charge in [-0.25, -0.2) is 4.79 Å². The van der Waals surface area contributed by atoms with E-state index in [-0.39, 0.29) is 0 Å². The Hall–Kier alpha value is -2.46. The van der Waals surface area contributed by atoms with Crippen LogP contribution in [-0.4, -0.2) is 24.3 Å². The highest BCUT2D eigenvalue weighted by Gasteiger charge is 2.07. The fourth-order valence-electron chi connectivity index (χ4n) is 2.33. The summed E-state index contributed by atoms with van der Waals surface area (Å²) in [7, 11) is 0. The van der Waals surface area contributed by atoms with Crippen molar-refractivity contribution in [2.24, 2.45) is 0 Å². The van der Waals surface area contributed by atoms with E-state index in [9.17, 15) is 4.79 Å². The van der Waals surface area contributed by atoms with Crippen LogP contribution in [0.25, 0.3) is 6.08 Å². The third kappa shape index (κ3) is 5.84. The highest BCUT2D eigenvalue weighted by molar-refractivity contribution is 6.30. The molecule has 0 amide bonds. The van der Waals surface area contributed by atoms with Crippen molar-refractivity contribution in [3.8, 4) is 11.5 Å². The lowest BCUT2D eigenvalue weighted by atomic mass is 10.0. The van der Waals surface area contributed by atoms with Gasteiger partial charge in [0.15, 0.2) is 0 Å². The molecule has 0 unspecified atom stereocenters. The van der Waals surface area contributed by atoms with Crippen molar-refractivity contribution in [1.29, 1.82) is 0 Å². The van der Waals surface area contributed by atoms with Gasteiger partial charge < -0.3 is 14.6 Å². The Bertz CT molecular complexity index is 753. The van der Waals surface area contributed by atoms with E-state index in [0.29, 0.717) is 35.5 Å². The lowest BCUT2D eigenvalue weighted by Crippen LogP contribution is -2.10. The summed E-state index contributed by atoms with van der Waals surface area (Å²) in [5.41, 5.74) is 1.76. The van der Waals surface area contributed by atoms with E-state index in [4.69, 9.17) is 26.2 Å². The standard InChI is InChI=1S/C20H21ClO4/c1-14(2)17-5-3-4-6-19(17)25-12-11-24-18-9-8-16(21)13-15(18)7-10-20(22)23/h3-10,13-14H,11-12H2,1-2H3,(H,22,23). The number of carbonyl (C=O) groups is 1. The molecule has 0 fully saturated rings. The van der Waals surface area contributed by atoms with Crippen LogP contribution < -0.4 is 9.47 Å². The summed E-state index contributed by atoms with van der Waals surface area (Å²) in [5.74, 6) is 0.756. The lowest BCUT2D eigenvalue weighted by Gasteiger charge is -2.15. The molecule has 2 rings (SSSR count). The molecule has 0 aliphatic rings. The first kappa shape index (κ1) is 18.9. The third-order valence-electron chi connectivity index (χ3n) is 3.52. The van der Waals surface area contributed by atoms with Gasteiger partial charge >= 0.3 is 5.97 Å². The number of halogens is 1. The van der Waals surface area contributed by atoms with E-state index in [0.717, 1.165) is 17.4 Å². The van der Waals surface area contributed by atoms with Crippen molar-refractivity contribution >= 4 is 23.6 Å². The van der Waals surface area contributed by atoms with Crippen LogP contribution in [-0.2, 0) is 4.79 Å². The van der Waals surface area contributed by atoms with E-state index in [2.05, 4.69) is 19.9 Å². The minimum atomic E-state index is -1.03. The Balaban J connectivity index is 1.97. The molecule has 0 bridgehead atoms. The largest absolute Gasteiger partial charge is 0.490 e. The topological polar surface area (TPSA) is 55.8 Å². The predicted molar refractivity (Wildman–Crippen MR) is 99.6 cm³/mol. The Labute approximate surface area is 152 Å². The smallest absolute Gasteiger partial charge is 0.328 e. The Kier molecular flexibility index (Phi) is 6.90. The van der Waals surface area contributed by atoms with Crippen LogP contribution in [0.1, 0.15) is 30.9 Å². The minimum Gasteiger partial charge on any atom is -0.490 e. The zero-order chi connectivity index (χ0) is 18.2. The van der Waals surface area contributed by atoms with E-state index in [1.807, 2.05) is 18.2 Å². The van der Waals surface area contributed by atoms with Crippen LogP contribution in [0.5, 0.6) is 11.5 Å². The molecule has 5 heteroatoms. The van der Waals surface area contributed by atoms with Crippen molar-refractivity contribution in [3.05, 3.63) is 64.7 Å². The summed E-state index contributed by atoms with van der Waals surface area (Å²) in [6.45, 7) is 4.96. The first-order valence-corrected chi connectivity index (χ1v) is 8.40.